The maximum atomic E-state index is 12.7. The molecular weight excluding hydrogens is 288 g/mol. The van der Waals surface area contributed by atoms with E-state index in [1.807, 2.05) is 18.5 Å². The SMILES string of the molecule is C[C@H](c1cccnc1)N1CCN(C(=O)[C@@H]2CCC[C@H](N)C2)CC1. The lowest BCUT2D eigenvalue weighted by atomic mass is 9.85. The largest absolute Gasteiger partial charge is 0.340 e. The van der Waals surface area contributed by atoms with Crippen molar-refractivity contribution in [2.75, 3.05) is 26.2 Å². The van der Waals surface area contributed by atoms with Crippen molar-refractivity contribution < 1.29 is 4.79 Å². The zero-order valence-electron chi connectivity index (χ0n) is 14.0. The summed E-state index contributed by atoms with van der Waals surface area (Å²) in [6.45, 7) is 5.74. The second kappa shape index (κ2) is 7.41. The molecule has 5 nitrogen and oxygen atoms in total. The maximum absolute atomic E-state index is 12.7. The van der Waals surface area contributed by atoms with Gasteiger partial charge in [0.25, 0.3) is 0 Å². The first-order chi connectivity index (χ1) is 11.1. The van der Waals surface area contributed by atoms with Crippen LogP contribution in [-0.4, -0.2) is 52.9 Å². The number of piperazine rings is 1. The Morgan fingerprint density at radius 1 is 1.30 bits per heavy atom. The van der Waals surface area contributed by atoms with E-state index in [1.54, 1.807) is 0 Å². The summed E-state index contributed by atoms with van der Waals surface area (Å²) in [7, 11) is 0. The van der Waals surface area contributed by atoms with Crippen LogP contribution in [0.15, 0.2) is 24.5 Å². The summed E-state index contributed by atoms with van der Waals surface area (Å²) < 4.78 is 0. The molecule has 1 aromatic heterocycles. The summed E-state index contributed by atoms with van der Waals surface area (Å²) in [5.74, 6) is 0.481. The third kappa shape index (κ3) is 3.90. The van der Waals surface area contributed by atoms with Crippen molar-refractivity contribution >= 4 is 5.91 Å². The summed E-state index contributed by atoms with van der Waals surface area (Å²) in [6, 6.07) is 4.67. The molecule has 1 amide bonds. The topological polar surface area (TPSA) is 62.5 Å². The van der Waals surface area contributed by atoms with Gasteiger partial charge in [0.1, 0.15) is 0 Å². The predicted octanol–water partition coefficient (Wildman–Crippen LogP) is 1.80. The number of carbonyl (C=O) groups excluding carboxylic acids is 1. The molecule has 2 fully saturated rings. The van der Waals surface area contributed by atoms with Crippen LogP contribution in [0.2, 0.25) is 0 Å². The number of hydrogen-bond acceptors (Lipinski definition) is 4. The Morgan fingerprint density at radius 2 is 2.09 bits per heavy atom. The third-order valence-corrected chi connectivity index (χ3v) is 5.40. The minimum Gasteiger partial charge on any atom is -0.340 e. The van der Waals surface area contributed by atoms with E-state index in [1.165, 1.54) is 5.56 Å². The van der Waals surface area contributed by atoms with Gasteiger partial charge in [0.2, 0.25) is 5.91 Å². The molecule has 0 aromatic carbocycles. The number of hydrogen-bond donors (Lipinski definition) is 1. The van der Waals surface area contributed by atoms with E-state index in [0.29, 0.717) is 11.9 Å². The molecule has 0 unspecified atom stereocenters. The quantitative estimate of drug-likeness (QED) is 0.924. The number of rotatable bonds is 3. The Labute approximate surface area is 138 Å². The van der Waals surface area contributed by atoms with Crippen LogP contribution < -0.4 is 5.73 Å². The summed E-state index contributed by atoms with van der Waals surface area (Å²) in [6.07, 6.45) is 7.78. The number of carbonyl (C=O) groups is 1. The lowest BCUT2D eigenvalue weighted by Crippen LogP contribution is -2.51. The van der Waals surface area contributed by atoms with Gasteiger partial charge >= 0.3 is 0 Å². The highest BCUT2D eigenvalue weighted by atomic mass is 16.2. The molecule has 2 heterocycles. The number of pyridine rings is 1. The van der Waals surface area contributed by atoms with Crippen molar-refractivity contribution in [3.8, 4) is 0 Å². The van der Waals surface area contributed by atoms with Gasteiger partial charge in [-0.25, -0.2) is 0 Å². The van der Waals surface area contributed by atoms with Crippen molar-refractivity contribution in [3.63, 3.8) is 0 Å². The molecule has 1 aliphatic heterocycles. The van der Waals surface area contributed by atoms with Crippen molar-refractivity contribution in [1.29, 1.82) is 0 Å². The van der Waals surface area contributed by atoms with Crippen molar-refractivity contribution in [2.24, 2.45) is 11.7 Å². The smallest absolute Gasteiger partial charge is 0.225 e. The highest BCUT2D eigenvalue weighted by Crippen LogP contribution is 2.26. The molecule has 5 heteroatoms. The first kappa shape index (κ1) is 16.4. The van der Waals surface area contributed by atoms with Gasteiger partial charge in [-0.15, -0.1) is 0 Å². The van der Waals surface area contributed by atoms with E-state index in [2.05, 4.69) is 27.8 Å². The molecule has 23 heavy (non-hydrogen) atoms. The first-order valence-corrected chi connectivity index (χ1v) is 8.83. The second-order valence-electron chi connectivity index (χ2n) is 6.95. The highest BCUT2D eigenvalue weighted by molar-refractivity contribution is 5.79. The van der Waals surface area contributed by atoms with Crippen LogP contribution in [0, 0.1) is 5.92 Å². The highest BCUT2D eigenvalue weighted by Gasteiger charge is 2.31. The van der Waals surface area contributed by atoms with Gasteiger partial charge in [-0.3, -0.25) is 14.7 Å². The van der Waals surface area contributed by atoms with Gasteiger partial charge in [-0.2, -0.15) is 0 Å². The maximum Gasteiger partial charge on any atom is 0.225 e. The first-order valence-electron chi connectivity index (χ1n) is 8.83. The van der Waals surface area contributed by atoms with Crippen molar-refractivity contribution in [2.45, 2.75) is 44.7 Å². The number of aromatic nitrogens is 1. The van der Waals surface area contributed by atoms with Crippen LogP contribution in [0.4, 0.5) is 0 Å². The molecule has 1 aromatic rings. The van der Waals surface area contributed by atoms with Gasteiger partial charge < -0.3 is 10.6 Å². The molecule has 0 spiro atoms. The van der Waals surface area contributed by atoms with E-state index >= 15 is 0 Å². The minimum atomic E-state index is 0.154. The van der Waals surface area contributed by atoms with Crippen LogP contribution in [0.3, 0.4) is 0 Å². The lowest BCUT2D eigenvalue weighted by molar-refractivity contribution is -0.138. The molecule has 126 valence electrons. The zero-order chi connectivity index (χ0) is 16.2. The number of nitrogens with two attached hydrogens (primary N) is 1. The predicted molar refractivity (Wildman–Crippen MR) is 90.7 cm³/mol. The number of amides is 1. The van der Waals surface area contributed by atoms with E-state index in [0.717, 1.165) is 51.9 Å². The van der Waals surface area contributed by atoms with Crippen LogP contribution in [-0.2, 0) is 4.79 Å². The summed E-state index contributed by atoms with van der Waals surface area (Å²) in [5.41, 5.74) is 7.27. The Hall–Kier alpha value is -1.46. The Balaban J connectivity index is 1.53. The molecule has 1 saturated carbocycles. The van der Waals surface area contributed by atoms with E-state index < -0.39 is 0 Å². The van der Waals surface area contributed by atoms with Crippen LogP contribution in [0.1, 0.15) is 44.2 Å². The van der Waals surface area contributed by atoms with E-state index in [4.69, 9.17) is 5.73 Å². The minimum absolute atomic E-state index is 0.154. The normalized spacial score (nSPS) is 27.7. The monoisotopic (exact) mass is 316 g/mol. The molecule has 3 atom stereocenters. The van der Waals surface area contributed by atoms with Gasteiger partial charge in [0, 0.05) is 56.6 Å². The molecule has 0 radical (unpaired) electrons. The van der Waals surface area contributed by atoms with E-state index in [9.17, 15) is 4.79 Å². The van der Waals surface area contributed by atoms with Crippen LogP contribution >= 0.6 is 0 Å². The summed E-state index contributed by atoms with van der Waals surface area (Å²) >= 11 is 0. The van der Waals surface area contributed by atoms with Gasteiger partial charge in [-0.1, -0.05) is 12.5 Å². The summed E-state index contributed by atoms with van der Waals surface area (Å²) in [5, 5.41) is 0. The fourth-order valence-corrected chi connectivity index (χ4v) is 3.87. The standard InChI is InChI=1S/C18H28N4O/c1-14(16-5-3-7-20-13-16)21-8-10-22(11-9-21)18(23)15-4-2-6-17(19)12-15/h3,5,7,13-15,17H,2,4,6,8-12,19H2,1H3/t14-,15-,17+/m1/s1. The Kier molecular flexibility index (Phi) is 5.28. The number of nitrogens with zero attached hydrogens (tertiary/aromatic N) is 3. The fraction of sp³-hybridized carbons (Fsp3) is 0.667. The summed E-state index contributed by atoms with van der Waals surface area (Å²) in [4.78, 5) is 21.4. The zero-order valence-corrected chi connectivity index (χ0v) is 14.0. The van der Waals surface area contributed by atoms with Gasteiger partial charge in [0.15, 0.2) is 0 Å². The lowest BCUT2D eigenvalue weighted by Gasteiger charge is -2.40. The van der Waals surface area contributed by atoms with Crippen molar-refractivity contribution in [1.82, 2.24) is 14.8 Å². The van der Waals surface area contributed by atoms with E-state index in [-0.39, 0.29) is 12.0 Å². The molecular formula is C18H28N4O. The van der Waals surface area contributed by atoms with Gasteiger partial charge in [0.05, 0.1) is 0 Å². The fourth-order valence-electron chi connectivity index (χ4n) is 3.87. The average molecular weight is 316 g/mol. The molecule has 2 N–H and O–H groups in total. The molecule has 1 aliphatic carbocycles. The van der Waals surface area contributed by atoms with Crippen LogP contribution in [0.5, 0.6) is 0 Å². The second-order valence-corrected chi connectivity index (χ2v) is 6.95. The Morgan fingerprint density at radius 3 is 2.74 bits per heavy atom. The molecule has 1 saturated heterocycles. The average Bonchev–Trinajstić information content (AvgIpc) is 2.61. The van der Waals surface area contributed by atoms with Crippen molar-refractivity contribution in [3.05, 3.63) is 30.1 Å². The Bertz CT molecular complexity index is 513. The third-order valence-electron chi connectivity index (χ3n) is 5.40. The molecule has 0 bridgehead atoms. The molecule has 3 rings (SSSR count). The van der Waals surface area contributed by atoms with Gasteiger partial charge in [-0.05, 0) is 37.8 Å². The molecule has 2 aliphatic rings. The van der Waals surface area contributed by atoms with Crippen LogP contribution in [0.25, 0.3) is 0 Å².